The van der Waals surface area contributed by atoms with Gasteiger partial charge in [0.25, 0.3) is 0 Å². The van der Waals surface area contributed by atoms with Crippen LogP contribution in [0.2, 0.25) is 0 Å². The van der Waals surface area contributed by atoms with Gasteiger partial charge in [0.15, 0.2) is 0 Å². The lowest BCUT2D eigenvalue weighted by molar-refractivity contribution is -0.0355. The molecule has 4 rings (SSSR count). The second-order valence-corrected chi connectivity index (χ2v) is 5.73. The molecule has 1 aliphatic heterocycles. The van der Waals surface area contributed by atoms with Crippen LogP contribution in [0.3, 0.4) is 0 Å². The van der Waals surface area contributed by atoms with E-state index in [0.717, 1.165) is 18.8 Å². The maximum Gasteiger partial charge on any atom is 0.241 e. The van der Waals surface area contributed by atoms with E-state index in [1.165, 1.54) is 5.56 Å². The predicted molar refractivity (Wildman–Crippen MR) is 87.9 cm³/mol. The summed E-state index contributed by atoms with van der Waals surface area (Å²) in [6.45, 7) is 2.98. The van der Waals surface area contributed by atoms with Gasteiger partial charge in [0.1, 0.15) is 5.69 Å². The van der Waals surface area contributed by atoms with Crippen molar-refractivity contribution in [2.24, 2.45) is 0 Å². The van der Waals surface area contributed by atoms with Crippen LogP contribution in [0.25, 0.3) is 11.5 Å². The van der Waals surface area contributed by atoms with Crippen LogP contribution in [-0.2, 0) is 11.3 Å². The smallest absolute Gasteiger partial charge is 0.241 e. The zero-order valence-corrected chi connectivity index (χ0v) is 13.2. The van der Waals surface area contributed by atoms with Crippen molar-refractivity contribution in [1.82, 2.24) is 20.0 Å². The summed E-state index contributed by atoms with van der Waals surface area (Å²) in [5.74, 6) is 1.13. The molecule has 3 aromatic rings. The van der Waals surface area contributed by atoms with Crippen molar-refractivity contribution < 1.29 is 9.26 Å². The van der Waals surface area contributed by atoms with Gasteiger partial charge in [-0.25, -0.2) is 0 Å². The number of aromatic nitrogens is 3. The van der Waals surface area contributed by atoms with E-state index < -0.39 is 0 Å². The summed E-state index contributed by atoms with van der Waals surface area (Å²) in [6.07, 6.45) is 1.80. The van der Waals surface area contributed by atoms with Crippen molar-refractivity contribution >= 4 is 0 Å². The van der Waals surface area contributed by atoms with Crippen molar-refractivity contribution in [1.29, 1.82) is 0 Å². The first kappa shape index (κ1) is 15.0. The fraction of sp³-hybridized carbons (Fsp3) is 0.278. The minimum Gasteiger partial charge on any atom is -0.371 e. The maximum absolute atomic E-state index is 5.89. The monoisotopic (exact) mass is 322 g/mol. The third kappa shape index (κ3) is 3.34. The van der Waals surface area contributed by atoms with Crippen LogP contribution in [0.1, 0.15) is 17.6 Å². The van der Waals surface area contributed by atoms with Gasteiger partial charge < -0.3 is 9.26 Å². The fourth-order valence-corrected chi connectivity index (χ4v) is 2.82. The summed E-state index contributed by atoms with van der Waals surface area (Å²) in [7, 11) is 0. The first-order valence-corrected chi connectivity index (χ1v) is 8.01. The Morgan fingerprint density at radius 3 is 2.79 bits per heavy atom. The van der Waals surface area contributed by atoms with Gasteiger partial charge in [0.05, 0.1) is 19.3 Å². The van der Waals surface area contributed by atoms with E-state index in [1.807, 2.05) is 36.4 Å². The molecule has 2 aromatic heterocycles. The Morgan fingerprint density at radius 2 is 1.96 bits per heavy atom. The molecule has 1 aliphatic rings. The van der Waals surface area contributed by atoms with Crippen molar-refractivity contribution in [2.45, 2.75) is 12.6 Å². The highest BCUT2D eigenvalue weighted by molar-refractivity contribution is 5.46. The molecular formula is C18H18N4O2. The lowest BCUT2D eigenvalue weighted by atomic mass is 10.1. The molecule has 0 saturated carbocycles. The van der Waals surface area contributed by atoms with Crippen LogP contribution < -0.4 is 0 Å². The number of morpholine rings is 1. The number of benzene rings is 1. The summed E-state index contributed by atoms with van der Waals surface area (Å²) < 4.78 is 11.3. The number of hydrogen-bond donors (Lipinski definition) is 0. The average Bonchev–Trinajstić information content (AvgIpc) is 3.12. The predicted octanol–water partition coefficient (Wildman–Crippen LogP) is 2.71. The third-order valence-corrected chi connectivity index (χ3v) is 4.04. The van der Waals surface area contributed by atoms with E-state index in [1.54, 1.807) is 6.20 Å². The van der Waals surface area contributed by atoms with E-state index in [9.17, 15) is 0 Å². The minimum atomic E-state index is 0.0816. The van der Waals surface area contributed by atoms with Gasteiger partial charge in [-0.2, -0.15) is 4.98 Å². The van der Waals surface area contributed by atoms with Crippen LogP contribution in [0.15, 0.2) is 59.3 Å². The largest absolute Gasteiger partial charge is 0.371 e. The van der Waals surface area contributed by atoms with Crippen LogP contribution in [-0.4, -0.2) is 39.7 Å². The molecule has 0 spiro atoms. The van der Waals surface area contributed by atoms with Gasteiger partial charge >= 0.3 is 0 Å². The molecule has 6 heteroatoms. The van der Waals surface area contributed by atoms with Gasteiger partial charge in [0.2, 0.25) is 11.7 Å². The normalized spacial score (nSPS) is 18.6. The second-order valence-electron chi connectivity index (χ2n) is 5.73. The summed E-state index contributed by atoms with van der Waals surface area (Å²) in [4.78, 5) is 11.0. The summed E-state index contributed by atoms with van der Waals surface area (Å²) in [5.41, 5.74) is 1.92. The Labute approximate surface area is 140 Å². The summed E-state index contributed by atoms with van der Waals surface area (Å²) in [5, 5.41) is 4.02. The van der Waals surface area contributed by atoms with E-state index in [4.69, 9.17) is 9.26 Å². The lowest BCUT2D eigenvalue weighted by Gasteiger charge is -2.32. The highest BCUT2D eigenvalue weighted by Crippen LogP contribution is 2.23. The number of nitrogens with zero attached hydrogens (tertiary/aromatic N) is 4. The van der Waals surface area contributed by atoms with E-state index >= 15 is 0 Å². The molecule has 1 fully saturated rings. The first-order valence-electron chi connectivity index (χ1n) is 8.01. The topological polar surface area (TPSA) is 64.3 Å². The molecule has 0 amide bonds. The summed E-state index contributed by atoms with van der Waals surface area (Å²) >= 11 is 0. The molecular weight excluding hydrogens is 304 g/mol. The van der Waals surface area contributed by atoms with Crippen molar-refractivity contribution in [3.8, 4) is 11.5 Å². The zero-order valence-electron chi connectivity index (χ0n) is 13.2. The molecule has 1 saturated heterocycles. The van der Waals surface area contributed by atoms with Crippen LogP contribution in [0.5, 0.6) is 0 Å². The molecule has 0 radical (unpaired) electrons. The van der Waals surface area contributed by atoms with Crippen molar-refractivity contribution in [2.75, 3.05) is 19.7 Å². The SMILES string of the molecule is c1ccc([C@H]2CN(Cc3nc(-c4ccccn4)no3)CCO2)cc1. The Kier molecular flexibility index (Phi) is 4.31. The van der Waals surface area contributed by atoms with E-state index in [-0.39, 0.29) is 6.10 Å². The van der Waals surface area contributed by atoms with Gasteiger partial charge in [-0.1, -0.05) is 41.6 Å². The third-order valence-electron chi connectivity index (χ3n) is 4.04. The highest BCUT2D eigenvalue weighted by atomic mass is 16.5. The molecule has 1 atom stereocenters. The van der Waals surface area contributed by atoms with E-state index in [0.29, 0.717) is 24.9 Å². The quantitative estimate of drug-likeness (QED) is 0.736. The average molecular weight is 322 g/mol. The van der Waals surface area contributed by atoms with Crippen LogP contribution in [0, 0.1) is 0 Å². The Balaban J connectivity index is 1.43. The second kappa shape index (κ2) is 6.90. The Hall–Kier alpha value is -2.57. The lowest BCUT2D eigenvalue weighted by Crippen LogP contribution is -2.37. The standard InChI is InChI=1S/C18H18N4O2/c1-2-6-14(7-3-1)16-12-22(10-11-23-16)13-17-20-18(21-24-17)15-8-4-5-9-19-15/h1-9,16H,10-13H2/t16-/m1/s1. The molecule has 122 valence electrons. The van der Waals surface area contributed by atoms with Crippen molar-refractivity contribution in [3.63, 3.8) is 0 Å². The van der Waals surface area contributed by atoms with Gasteiger partial charge in [0, 0.05) is 19.3 Å². The van der Waals surface area contributed by atoms with Crippen LogP contribution in [0.4, 0.5) is 0 Å². The Morgan fingerprint density at radius 1 is 1.08 bits per heavy atom. The Bertz CT molecular complexity index is 776. The number of pyridine rings is 1. The fourth-order valence-electron chi connectivity index (χ4n) is 2.82. The molecule has 1 aromatic carbocycles. The van der Waals surface area contributed by atoms with E-state index in [2.05, 4.69) is 32.2 Å². The number of hydrogen-bond acceptors (Lipinski definition) is 6. The van der Waals surface area contributed by atoms with Crippen LogP contribution >= 0.6 is 0 Å². The molecule has 3 heterocycles. The maximum atomic E-state index is 5.89. The summed E-state index contributed by atoms with van der Waals surface area (Å²) in [6, 6.07) is 15.9. The van der Waals surface area contributed by atoms with Gasteiger partial charge in [-0.3, -0.25) is 9.88 Å². The molecule has 0 bridgehead atoms. The van der Waals surface area contributed by atoms with Gasteiger partial charge in [-0.15, -0.1) is 0 Å². The van der Waals surface area contributed by atoms with Crippen molar-refractivity contribution in [3.05, 3.63) is 66.2 Å². The highest BCUT2D eigenvalue weighted by Gasteiger charge is 2.23. The number of rotatable bonds is 4. The molecule has 0 N–H and O–H groups in total. The molecule has 6 nitrogen and oxygen atoms in total. The minimum absolute atomic E-state index is 0.0816. The number of ether oxygens (including phenoxy) is 1. The zero-order chi connectivity index (χ0) is 16.2. The molecule has 0 unspecified atom stereocenters. The first-order chi connectivity index (χ1) is 11.9. The molecule has 24 heavy (non-hydrogen) atoms. The molecule has 0 aliphatic carbocycles. The van der Waals surface area contributed by atoms with Gasteiger partial charge in [-0.05, 0) is 17.7 Å².